The molecular formula is C14H20N2O6S. The fourth-order valence-electron chi connectivity index (χ4n) is 2.88. The Hall–Kier alpha value is -1.42. The van der Waals surface area contributed by atoms with Gasteiger partial charge in [-0.05, 0) is 25.0 Å². The van der Waals surface area contributed by atoms with Crippen LogP contribution in [0.2, 0.25) is 0 Å². The number of nitrogens with one attached hydrogen (secondary N) is 1. The van der Waals surface area contributed by atoms with Gasteiger partial charge in [0.05, 0.1) is 20.3 Å². The highest BCUT2D eigenvalue weighted by Gasteiger charge is 2.37. The number of esters is 1. The molecule has 0 aromatic carbocycles. The quantitative estimate of drug-likeness (QED) is 0.762. The van der Waals surface area contributed by atoms with Crippen LogP contribution in [0.3, 0.4) is 0 Å². The molecule has 0 atom stereocenters. The van der Waals surface area contributed by atoms with Crippen molar-refractivity contribution in [3.05, 3.63) is 17.9 Å². The van der Waals surface area contributed by atoms with Gasteiger partial charge in [-0.3, -0.25) is 4.90 Å². The number of ether oxygens (including phenoxy) is 2. The minimum absolute atomic E-state index is 0.112. The average Bonchev–Trinajstić information content (AvgIpc) is 3.01. The minimum atomic E-state index is -3.76. The Morgan fingerprint density at radius 1 is 1.30 bits per heavy atom. The number of hydrogen-bond donors (Lipinski definition) is 1. The highest BCUT2D eigenvalue weighted by atomic mass is 32.2. The Labute approximate surface area is 134 Å². The van der Waals surface area contributed by atoms with E-state index in [-0.39, 0.29) is 16.9 Å². The normalized spacial score (nSPS) is 25.8. The van der Waals surface area contributed by atoms with Gasteiger partial charge in [-0.25, -0.2) is 17.9 Å². The van der Waals surface area contributed by atoms with E-state index in [1.54, 1.807) is 0 Å². The molecule has 0 radical (unpaired) electrons. The standard InChI is InChI=1S/C14H20N2O6S/c1-20-14(17)12-2-3-13(22-12)23(18,19)15-10-8-11(9-10)16-4-6-21-7-5-16/h2-3,10-11,15H,4-9H2,1H3. The van der Waals surface area contributed by atoms with Crippen LogP contribution in [-0.4, -0.2) is 64.8 Å². The smallest absolute Gasteiger partial charge is 0.374 e. The van der Waals surface area contributed by atoms with Gasteiger partial charge in [0.15, 0.2) is 0 Å². The van der Waals surface area contributed by atoms with Gasteiger partial charge in [0, 0.05) is 25.2 Å². The number of hydrogen-bond acceptors (Lipinski definition) is 7. The number of furan rings is 1. The molecule has 1 aliphatic carbocycles. The Balaban J connectivity index is 1.55. The maximum absolute atomic E-state index is 12.3. The molecule has 1 aliphatic heterocycles. The van der Waals surface area contributed by atoms with Gasteiger partial charge in [0.25, 0.3) is 10.0 Å². The van der Waals surface area contributed by atoms with Gasteiger partial charge in [-0.15, -0.1) is 0 Å². The molecule has 0 unspecified atom stereocenters. The Morgan fingerprint density at radius 2 is 2.00 bits per heavy atom. The Bertz CT molecular complexity index is 659. The second-order valence-electron chi connectivity index (χ2n) is 5.70. The molecule has 2 fully saturated rings. The highest BCUT2D eigenvalue weighted by Crippen LogP contribution is 2.28. The summed E-state index contributed by atoms with van der Waals surface area (Å²) < 4.78 is 42.0. The summed E-state index contributed by atoms with van der Waals surface area (Å²) in [6, 6.07) is 2.83. The van der Waals surface area contributed by atoms with Crippen molar-refractivity contribution in [1.29, 1.82) is 0 Å². The third-order valence-electron chi connectivity index (χ3n) is 4.23. The average molecular weight is 344 g/mol. The van der Waals surface area contributed by atoms with Crippen molar-refractivity contribution in [2.75, 3.05) is 33.4 Å². The molecule has 0 amide bonds. The van der Waals surface area contributed by atoms with Crippen molar-refractivity contribution in [2.24, 2.45) is 0 Å². The first-order valence-corrected chi connectivity index (χ1v) is 9.00. The first-order chi connectivity index (χ1) is 11.0. The number of morpholine rings is 1. The minimum Gasteiger partial charge on any atom is -0.463 e. The maximum atomic E-state index is 12.3. The third kappa shape index (κ3) is 3.57. The summed E-state index contributed by atoms with van der Waals surface area (Å²) >= 11 is 0. The monoisotopic (exact) mass is 344 g/mol. The van der Waals surface area contributed by atoms with Gasteiger partial charge in [0.2, 0.25) is 10.9 Å². The first kappa shape index (κ1) is 16.4. The lowest BCUT2D eigenvalue weighted by Gasteiger charge is -2.44. The predicted octanol–water partition coefficient (Wildman–Crippen LogP) is 0.208. The molecule has 1 saturated carbocycles. The molecule has 23 heavy (non-hydrogen) atoms. The molecule has 1 saturated heterocycles. The SMILES string of the molecule is COC(=O)c1ccc(S(=O)(=O)NC2CC(N3CCOCC3)C2)o1. The van der Waals surface area contributed by atoms with Crippen LogP contribution in [0.4, 0.5) is 0 Å². The van der Waals surface area contributed by atoms with Crippen molar-refractivity contribution in [1.82, 2.24) is 9.62 Å². The zero-order chi connectivity index (χ0) is 16.4. The van der Waals surface area contributed by atoms with Gasteiger partial charge in [-0.1, -0.05) is 0 Å². The fraction of sp³-hybridized carbons (Fsp3) is 0.643. The van der Waals surface area contributed by atoms with E-state index in [4.69, 9.17) is 9.15 Å². The maximum Gasteiger partial charge on any atom is 0.374 e. The van der Waals surface area contributed by atoms with Crippen LogP contribution in [0.15, 0.2) is 21.6 Å². The Kier molecular flexibility index (Phi) is 4.72. The van der Waals surface area contributed by atoms with E-state index in [1.165, 1.54) is 19.2 Å². The Morgan fingerprint density at radius 3 is 2.65 bits per heavy atom. The summed E-state index contributed by atoms with van der Waals surface area (Å²) in [5, 5.41) is -0.271. The fourth-order valence-corrected chi connectivity index (χ4v) is 4.07. The molecule has 1 aromatic heterocycles. The summed E-state index contributed by atoms with van der Waals surface area (Å²) in [6.45, 7) is 3.25. The highest BCUT2D eigenvalue weighted by molar-refractivity contribution is 7.89. The van der Waals surface area contributed by atoms with E-state index in [9.17, 15) is 13.2 Å². The van der Waals surface area contributed by atoms with Crippen LogP contribution in [0, 0.1) is 0 Å². The lowest BCUT2D eigenvalue weighted by Crippen LogP contribution is -2.56. The van der Waals surface area contributed by atoms with Gasteiger partial charge < -0.3 is 13.9 Å². The third-order valence-corrected chi connectivity index (χ3v) is 5.62. The molecule has 0 bridgehead atoms. The molecule has 9 heteroatoms. The van der Waals surface area contributed by atoms with Crippen LogP contribution < -0.4 is 4.72 Å². The molecule has 2 heterocycles. The topological polar surface area (TPSA) is 98.1 Å². The van der Waals surface area contributed by atoms with Crippen molar-refractivity contribution in [2.45, 2.75) is 30.0 Å². The summed E-state index contributed by atoms with van der Waals surface area (Å²) in [7, 11) is -2.56. The lowest BCUT2D eigenvalue weighted by atomic mass is 9.86. The number of nitrogens with zero attached hydrogens (tertiary/aromatic N) is 1. The molecule has 1 aromatic rings. The van der Waals surface area contributed by atoms with Crippen molar-refractivity contribution in [3.8, 4) is 0 Å². The van der Waals surface area contributed by atoms with E-state index in [1.807, 2.05) is 0 Å². The van der Waals surface area contributed by atoms with Crippen LogP contribution >= 0.6 is 0 Å². The molecule has 3 rings (SSSR count). The van der Waals surface area contributed by atoms with E-state index in [0.717, 1.165) is 39.1 Å². The second kappa shape index (κ2) is 6.60. The summed E-state index contributed by atoms with van der Waals surface area (Å²) in [5.41, 5.74) is 0. The number of methoxy groups -OCH3 is 1. The summed E-state index contributed by atoms with van der Waals surface area (Å²) in [6.07, 6.45) is 1.54. The van der Waals surface area contributed by atoms with Crippen molar-refractivity contribution < 1.29 is 27.1 Å². The summed E-state index contributed by atoms with van der Waals surface area (Å²) in [4.78, 5) is 13.6. The number of sulfonamides is 1. The largest absolute Gasteiger partial charge is 0.463 e. The molecule has 2 aliphatic rings. The molecule has 128 valence electrons. The number of carbonyl (C=O) groups excluding carboxylic acids is 1. The number of carbonyl (C=O) groups is 1. The predicted molar refractivity (Wildman–Crippen MR) is 79.6 cm³/mol. The zero-order valence-electron chi connectivity index (χ0n) is 12.9. The zero-order valence-corrected chi connectivity index (χ0v) is 13.7. The van der Waals surface area contributed by atoms with E-state index in [2.05, 4.69) is 14.4 Å². The summed E-state index contributed by atoms with van der Waals surface area (Å²) in [5.74, 6) is -0.838. The van der Waals surface area contributed by atoms with E-state index < -0.39 is 16.0 Å². The van der Waals surface area contributed by atoms with Gasteiger partial charge in [-0.2, -0.15) is 0 Å². The molecule has 8 nitrogen and oxygen atoms in total. The van der Waals surface area contributed by atoms with Crippen LogP contribution in [0.25, 0.3) is 0 Å². The van der Waals surface area contributed by atoms with E-state index >= 15 is 0 Å². The molecule has 0 spiro atoms. The lowest BCUT2D eigenvalue weighted by molar-refractivity contribution is -0.00774. The molecular weight excluding hydrogens is 324 g/mol. The molecule has 1 N–H and O–H groups in total. The van der Waals surface area contributed by atoms with Crippen LogP contribution in [0.5, 0.6) is 0 Å². The van der Waals surface area contributed by atoms with E-state index in [0.29, 0.717) is 6.04 Å². The second-order valence-corrected chi connectivity index (χ2v) is 7.35. The van der Waals surface area contributed by atoms with Crippen molar-refractivity contribution in [3.63, 3.8) is 0 Å². The van der Waals surface area contributed by atoms with Crippen LogP contribution in [0.1, 0.15) is 23.4 Å². The first-order valence-electron chi connectivity index (χ1n) is 7.52. The van der Waals surface area contributed by atoms with Crippen LogP contribution in [-0.2, 0) is 19.5 Å². The number of rotatable bonds is 5. The van der Waals surface area contributed by atoms with Crippen molar-refractivity contribution >= 4 is 16.0 Å². The van der Waals surface area contributed by atoms with Gasteiger partial charge in [0.1, 0.15) is 0 Å². The van der Waals surface area contributed by atoms with Gasteiger partial charge >= 0.3 is 5.97 Å².